The molecule has 6 rings (SSSR count). The Balaban J connectivity index is 0.000000231. The number of β-amino-alcohol motifs (C(OH)–C–C–N with tert-alkyl or cyclic N) is 2. The van der Waals surface area contributed by atoms with Crippen molar-refractivity contribution >= 4 is 6.09 Å². The molecule has 4 N–H and O–H groups in total. The first-order valence-corrected chi connectivity index (χ1v) is 21.4. The van der Waals surface area contributed by atoms with Crippen molar-refractivity contribution in [2.75, 3.05) is 40.4 Å². The maximum atomic E-state index is 13.5. The van der Waals surface area contributed by atoms with Crippen LogP contribution in [0.4, 0.5) is 13.6 Å². The van der Waals surface area contributed by atoms with Crippen LogP contribution in [0.25, 0.3) is 0 Å². The number of carbonyl (C=O) groups is 1. The summed E-state index contributed by atoms with van der Waals surface area (Å²) in [5.41, 5.74) is 3.55. The summed E-state index contributed by atoms with van der Waals surface area (Å²) in [6.45, 7) is 11.4. The number of benzene rings is 4. The number of methoxy groups -OCH3 is 2. The molecule has 2 saturated heterocycles. The zero-order chi connectivity index (χ0) is 44.0. The molecule has 0 radical (unpaired) electrons. The summed E-state index contributed by atoms with van der Waals surface area (Å²) in [5.74, 6) is 0.538. The van der Waals surface area contributed by atoms with Crippen molar-refractivity contribution in [3.8, 4) is 11.5 Å². The fourth-order valence-electron chi connectivity index (χ4n) is 8.31. The summed E-state index contributed by atoms with van der Waals surface area (Å²) in [7, 11) is 3.31. The average molecular weight is 845 g/mol. The molecule has 4 aromatic rings. The average Bonchev–Trinajstić information content (AvgIpc) is 3.92. The fourth-order valence-corrected chi connectivity index (χ4v) is 8.31. The van der Waals surface area contributed by atoms with E-state index in [-0.39, 0.29) is 35.9 Å². The van der Waals surface area contributed by atoms with Crippen molar-refractivity contribution in [3.63, 3.8) is 0 Å². The number of carbonyl (C=O) groups excluding carboxylic acids is 1. The van der Waals surface area contributed by atoms with Crippen LogP contribution in [0.3, 0.4) is 0 Å². The van der Waals surface area contributed by atoms with Crippen molar-refractivity contribution in [2.45, 2.75) is 115 Å². The van der Waals surface area contributed by atoms with Gasteiger partial charge in [0.1, 0.15) is 29.7 Å². The summed E-state index contributed by atoms with van der Waals surface area (Å²) in [4.78, 5) is 16.4. The summed E-state index contributed by atoms with van der Waals surface area (Å²) in [6, 6.07) is 29.0. The summed E-state index contributed by atoms with van der Waals surface area (Å²) >= 11 is 0. The van der Waals surface area contributed by atoms with Crippen LogP contribution in [0.5, 0.6) is 11.5 Å². The van der Waals surface area contributed by atoms with Gasteiger partial charge in [-0.25, -0.2) is 13.6 Å². The number of aliphatic hydroxyl groups is 2. The molecule has 0 aliphatic carbocycles. The number of ether oxygens (including phenoxy) is 3. The number of hydrogen-bond acceptors (Lipinski definition) is 9. The van der Waals surface area contributed by atoms with Gasteiger partial charge in [0.2, 0.25) is 0 Å². The SMILES string of the molecule is COc1ccc(CC(C)(C)NC[C@@H](O)[C@H]2CCCN2C(=O)OCc2ccccc2)cc1.COc1ccc(CC(C)(C)NC[C@@H](O)[C@H]2CCCN2Cc2cc(F)cc(F)c2)cc1. The Hall–Kier alpha value is -4.59. The molecule has 4 atom stereocenters. The van der Waals surface area contributed by atoms with Gasteiger partial charge >= 0.3 is 6.09 Å². The third kappa shape index (κ3) is 15.1. The predicted octanol–water partition coefficient (Wildman–Crippen LogP) is 7.68. The van der Waals surface area contributed by atoms with E-state index in [1.165, 1.54) is 23.3 Å². The molecule has 2 aliphatic heterocycles. The first kappa shape index (κ1) is 47.5. The smallest absolute Gasteiger partial charge is 0.410 e. The Bertz CT molecular complexity index is 1910. The molecule has 0 saturated carbocycles. The summed E-state index contributed by atoms with van der Waals surface area (Å²) < 4.78 is 42.9. The van der Waals surface area contributed by atoms with Gasteiger partial charge in [0.05, 0.1) is 32.5 Å². The number of halogens is 2. The molecule has 0 bridgehead atoms. The molecule has 1 amide bonds. The van der Waals surface area contributed by atoms with Gasteiger partial charge in [0.15, 0.2) is 0 Å². The van der Waals surface area contributed by atoms with Crippen LogP contribution in [0, 0.1) is 11.6 Å². The molecule has 332 valence electrons. The normalized spacial score (nSPS) is 18.0. The van der Waals surface area contributed by atoms with Crippen LogP contribution in [0.15, 0.2) is 97.1 Å². The number of hydrogen-bond donors (Lipinski definition) is 4. The maximum Gasteiger partial charge on any atom is 0.410 e. The monoisotopic (exact) mass is 844 g/mol. The molecule has 12 heteroatoms. The molecule has 2 aliphatic rings. The van der Waals surface area contributed by atoms with Gasteiger partial charge in [-0.15, -0.1) is 0 Å². The predicted molar refractivity (Wildman–Crippen MR) is 236 cm³/mol. The molecule has 61 heavy (non-hydrogen) atoms. The van der Waals surface area contributed by atoms with Crippen molar-refractivity contribution in [2.24, 2.45) is 0 Å². The van der Waals surface area contributed by atoms with Gasteiger partial charge in [-0.3, -0.25) is 4.90 Å². The third-order valence-corrected chi connectivity index (χ3v) is 11.5. The van der Waals surface area contributed by atoms with Crippen molar-refractivity contribution in [3.05, 3.63) is 131 Å². The van der Waals surface area contributed by atoms with E-state index in [4.69, 9.17) is 14.2 Å². The van der Waals surface area contributed by atoms with Gasteiger partial charge in [0, 0.05) is 49.4 Å². The van der Waals surface area contributed by atoms with Crippen molar-refractivity contribution in [1.82, 2.24) is 20.4 Å². The molecular weight excluding hydrogens is 779 g/mol. The lowest BCUT2D eigenvalue weighted by molar-refractivity contribution is 0.0454. The number of aliphatic hydroxyl groups excluding tert-OH is 2. The minimum Gasteiger partial charge on any atom is -0.497 e. The highest BCUT2D eigenvalue weighted by atomic mass is 19.1. The molecule has 2 fully saturated rings. The lowest BCUT2D eigenvalue weighted by Gasteiger charge is -2.33. The van der Waals surface area contributed by atoms with Crippen LogP contribution < -0.4 is 20.1 Å². The molecular formula is C49H66F2N4O6. The van der Waals surface area contributed by atoms with Crippen LogP contribution in [0.1, 0.15) is 75.6 Å². The van der Waals surface area contributed by atoms with Crippen molar-refractivity contribution < 1.29 is 38.0 Å². The molecule has 10 nitrogen and oxygen atoms in total. The van der Waals surface area contributed by atoms with Crippen LogP contribution in [-0.2, 0) is 30.7 Å². The van der Waals surface area contributed by atoms with Gasteiger partial charge < -0.3 is 40.0 Å². The topological polar surface area (TPSA) is 116 Å². The zero-order valence-electron chi connectivity index (χ0n) is 36.7. The van der Waals surface area contributed by atoms with Gasteiger partial charge in [-0.1, -0.05) is 54.6 Å². The molecule has 0 spiro atoms. The molecule has 0 unspecified atom stereocenters. The van der Waals surface area contributed by atoms with E-state index in [2.05, 4.69) is 67.5 Å². The number of nitrogens with one attached hydrogen (secondary N) is 2. The van der Waals surface area contributed by atoms with Gasteiger partial charge in [0.25, 0.3) is 0 Å². The van der Waals surface area contributed by atoms with E-state index in [0.717, 1.165) is 68.2 Å². The number of nitrogens with zero attached hydrogens (tertiary/aromatic N) is 2. The first-order valence-electron chi connectivity index (χ1n) is 21.4. The maximum absolute atomic E-state index is 13.5. The quantitative estimate of drug-likeness (QED) is 0.0801. The van der Waals surface area contributed by atoms with E-state index in [9.17, 15) is 23.8 Å². The Labute approximate surface area is 361 Å². The lowest BCUT2D eigenvalue weighted by atomic mass is 9.94. The first-order chi connectivity index (χ1) is 29.1. The van der Waals surface area contributed by atoms with E-state index >= 15 is 0 Å². The second-order valence-corrected chi connectivity index (χ2v) is 17.6. The summed E-state index contributed by atoms with van der Waals surface area (Å²) in [5, 5.41) is 28.6. The summed E-state index contributed by atoms with van der Waals surface area (Å²) in [6.07, 6.45) is 3.57. The molecule has 0 aromatic heterocycles. The van der Waals surface area contributed by atoms with Crippen molar-refractivity contribution in [1.29, 1.82) is 0 Å². The van der Waals surface area contributed by atoms with Crippen LogP contribution >= 0.6 is 0 Å². The highest BCUT2D eigenvalue weighted by Crippen LogP contribution is 2.26. The van der Waals surface area contributed by atoms with Crippen LogP contribution in [-0.4, -0.2) is 102 Å². The zero-order valence-corrected chi connectivity index (χ0v) is 36.7. The Morgan fingerprint density at radius 2 is 1.18 bits per heavy atom. The van der Waals surface area contributed by atoms with E-state index in [1.54, 1.807) is 19.1 Å². The Kier molecular flexibility index (Phi) is 17.5. The number of likely N-dealkylation sites (tertiary alicyclic amines) is 2. The number of rotatable bonds is 18. The highest BCUT2D eigenvalue weighted by molar-refractivity contribution is 5.68. The number of amides is 1. The van der Waals surface area contributed by atoms with Gasteiger partial charge in [-0.05, 0) is 131 Å². The van der Waals surface area contributed by atoms with Crippen LogP contribution in [0.2, 0.25) is 0 Å². The fraction of sp³-hybridized carbons (Fsp3) is 0.490. The van der Waals surface area contributed by atoms with E-state index in [1.807, 2.05) is 54.6 Å². The third-order valence-electron chi connectivity index (χ3n) is 11.5. The van der Waals surface area contributed by atoms with Gasteiger partial charge in [-0.2, -0.15) is 0 Å². The van der Waals surface area contributed by atoms with E-state index < -0.39 is 23.8 Å². The Morgan fingerprint density at radius 1 is 0.689 bits per heavy atom. The molecule has 4 aromatic carbocycles. The van der Waals surface area contributed by atoms with E-state index in [0.29, 0.717) is 31.7 Å². The second-order valence-electron chi connectivity index (χ2n) is 17.6. The lowest BCUT2D eigenvalue weighted by Crippen LogP contribution is -2.51. The molecule has 2 heterocycles. The standard InChI is InChI=1S/C25H34N2O4.C24H32F2N2O2/c1-25(2,16-19-11-13-21(30-3)14-12-19)26-17-23(28)22-10-7-15-27(22)24(29)31-18-20-8-5-4-6-9-20;1-24(2,14-17-6-8-21(30-3)9-7-17)27-15-23(29)22-5-4-10-28(22)16-18-11-19(25)13-20(26)12-18/h4-6,8-9,11-14,22-23,26,28H,7,10,15-18H2,1-3H3;6-9,11-13,22-23,27,29H,4-5,10,14-16H2,1-3H3/t2*22-,23-/m11/s1. The highest BCUT2D eigenvalue weighted by Gasteiger charge is 2.36. The largest absolute Gasteiger partial charge is 0.497 e. The second kappa shape index (κ2) is 22.5. The minimum absolute atomic E-state index is 0.0272. The minimum atomic E-state index is -0.651. The Morgan fingerprint density at radius 3 is 1.70 bits per heavy atom.